The number of hydrogen-bond donors (Lipinski definition) is 0. The number of hydrogen-bond acceptors (Lipinski definition) is 2. The van der Waals surface area contributed by atoms with Gasteiger partial charge < -0.3 is 4.31 Å². The van der Waals surface area contributed by atoms with Gasteiger partial charge in [0.25, 0.3) is 3.12 Å². The lowest BCUT2D eigenvalue weighted by molar-refractivity contribution is 0.563. The molecule has 0 aromatic heterocycles. The quantitative estimate of drug-likeness (QED) is 0.305. The second-order valence-corrected chi connectivity index (χ2v) is 8.70. The molecule has 0 aliphatic rings. The fourth-order valence-corrected chi connectivity index (χ4v) is 2.71. The van der Waals surface area contributed by atoms with Crippen molar-refractivity contribution >= 4 is 58.8 Å². The summed E-state index contributed by atoms with van der Waals surface area (Å²) < 4.78 is 0.435. The molecule has 0 bridgehead atoms. The van der Waals surface area contributed by atoms with Crippen LogP contribution in [0.4, 0.5) is 5.69 Å². The van der Waals surface area contributed by atoms with Gasteiger partial charge in [-0.15, -0.1) is 0 Å². The minimum absolute atomic E-state index is 0.176. The van der Waals surface area contributed by atoms with E-state index in [1.807, 2.05) is 37.2 Å². The molecule has 19 heavy (non-hydrogen) atoms. The van der Waals surface area contributed by atoms with Crippen molar-refractivity contribution < 1.29 is 0 Å². The highest BCUT2D eigenvalue weighted by molar-refractivity contribution is 8.03. The van der Waals surface area contributed by atoms with Crippen LogP contribution >= 0.6 is 46.8 Å². The number of benzene rings is 1. The molecule has 0 aliphatic carbocycles. The van der Waals surface area contributed by atoms with E-state index in [9.17, 15) is 0 Å². The fourth-order valence-electron chi connectivity index (χ4n) is 1.45. The van der Waals surface area contributed by atoms with Gasteiger partial charge in [-0.3, -0.25) is 0 Å². The fraction of sp³-hybridized carbons (Fsp3) is 0.462. The Bertz CT molecular complexity index is 456. The molecule has 1 aromatic rings. The standard InChI is InChI=1S/C13H17Cl3N2S/c1-9(2)18(19-13(14,15)16)8-17-12-6-5-10(3)7-11(12)4/h5-9H,1-4H3. The summed E-state index contributed by atoms with van der Waals surface area (Å²) in [6.45, 7) is 8.11. The van der Waals surface area contributed by atoms with Crippen LogP contribution in [-0.4, -0.2) is 19.8 Å². The molecule has 106 valence electrons. The van der Waals surface area contributed by atoms with Gasteiger partial charge in [-0.25, -0.2) is 4.99 Å². The van der Waals surface area contributed by atoms with Crippen LogP contribution in [0.5, 0.6) is 0 Å². The van der Waals surface area contributed by atoms with Crippen LogP contribution in [0.2, 0.25) is 0 Å². The van der Waals surface area contributed by atoms with E-state index < -0.39 is 3.12 Å². The maximum Gasteiger partial charge on any atom is 0.256 e. The van der Waals surface area contributed by atoms with Crippen LogP contribution in [0.15, 0.2) is 23.2 Å². The Morgan fingerprint density at radius 1 is 1.26 bits per heavy atom. The van der Waals surface area contributed by atoms with Gasteiger partial charge in [0.1, 0.15) is 6.34 Å². The van der Waals surface area contributed by atoms with Crippen molar-refractivity contribution in [1.82, 2.24) is 4.31 Å². The Morgan fingerprint density at radius 2 is 1.89 bits per heavy atom. The molecule has 0 aliphatic heterocycles. The summed E-state index contributed by atoms with van der Waals surface area (Å²) in [6, 6.07) is 6.28. The Morgan fingerprint density at radius 3 is 2.37 bits per heavy atom. The highest BCUT2D eigenvalue weighted by atomic mass is 35.6. The van der Waals surface area contributed by atoms with Crippen molar-refractivity contribution in [2.75, 3.05) is 0 Å². The van der Waals surface area contributed by atoms with Gasteiger partial charge in [0, 0.05) is 18.0 Å². The zero-order valence-electron chi connectivity index (χ0n) is 11.3. The summed E-state index contributed by atoms with van der Waals surface area (Å²) in [7, 11) is 0. The normalized spacial score (nSPS) is 12.4. The van der Waals surface area contributed by atoms with E-state index >= 15 is 0 Å². The first-order valence-corrected chi connectivity index (χ1v) is 7.75. The lowest BCUT2D eigenvalue weighted by Crippen LogP contribution is -2.25. The molecule has 0 unspecified atom stereocenters. The summed E-state index contributed by atoms with van der Waals surface area (Å²) in [5.41, 5.74) is 3.26. The van der Waals surface area contributed by atoms with Crippen LogP contribution in [-0.2, 0) is 0 Å². The van der Waals surface area contributed by atoms with Crippen LogP contribution in [0, 0.1) is 13.8 Å². The van der Waals surface area contributed by atoms with E-state index in [-0.39, 0.29) is 6.04 Å². The molecule has 0 heterocycles. The first kappa shape index (κ1) is 17.0. The molecule has 1 rings (SSSR count). The summed E-state index contributed by atoms with van der Waals surface area (Å²) >= 11 is 18.5. The zero-order valence-corrected chi connectivity index (χ0v) is 14.4. The Kier molecular flexibility index (Phi) is 6.31. The molecule has 0 radical (unpaired) electrons. The number of rotatable bonds is 4. The number of nitrogens with zero attached hydrogens (tertiary/aromatic N) is 2. The van der Waals surface area contributed by atoms with Crippen molar-refractivity contribution in [3.05, 3.63) is 29.3 Å². The predicted octanol–water partition coefficient (Wildman–Crippen LogP) is 5.65. The molecule has 2 nitrogen and oxygen atoms in total. The molecule has 0 N–H and O–H groups in total. The summed E-state index contributed by atoms with van der Waals surface area (Å²) in [4.78, 5) is 4.46. The second kappa shape index (κ2) is 7.07. The van der Waals surface area contributed by atoms with Gasteiger partial charge in [-0.2, -0.15) is 0 Å². The SMILES string of the molecule is Cc1ccc(N=CN(SC(Cl)(Cl)Cl)C(C)C)c(C)c1. The van der Waals surface area contributed by atoms with E-state index in [4.69, 9.17) is 34.8 Å². The van der Waals surface area contributed by atoms with Crippen LogP contribution in [0.25, 0.3) is 0 Å². The predicted molar refractivity (Wildman–Crippen MR) is 88.9 cm³/mol. The van der Waals surface area contributed by atoms with Gasteiger partial charge in [-0.1, -0.05) is 52.5 Å². The van der Waals surface area contributed by atoms with Crippen molar-refractivity contribution in [3.63, 3.8) is 0 Å². The molecule has 0 amide bonds. The van der Waals surface area contributed by atoms with Crippen molar-refractivity contribution in [1.29, 1.82) is 0 Å². The minimum Gasteiger partial charge on any atom is -0.301 e. The highest BCUT2D eigenvalue weighted by Crippen LogP contribution is 2.41. The van der Waals surface area contributed by atoms with Gasteiger partial charge in [-0.05, 0) is 39.3 Å². The van der Waals surface area contributed by atoms with Crippen molar-refractivity contribution in [2.24, 2.45) is 4.99 Å². The molecule has 0 saturated carbocycles. The molecule has 0 saturated heterocycles. The van der Waals surface area contributed by atoms with Gasteiger partial charge in [0.05, 0.1) is 5.69 Å². The third kappa shape index (κ3) is 6.26. The summed E-state index contributed by atoms with van der Waals surface area (Å²) in [5, 5.41) is 0. The Labute approximate surface area is 134 Å². The van der Waals surface area contributed by atoms with Crippen LogP contribution in [0.1, 0.15) is 25.0 Å². The second-order valence-electron chi connectivity index (χ2n) is 4.53. The molecule has 6 heteroatoms. The molecular formula is C13H17Cl3N2S. The highest BCUT2D eigenvalue weighted by Gasteiger charge is 2.25. The number of aliphatic imine (C=N–C) groups is 1. The lowest BCUT2D eigenvalue weighted by Gasteiger charge is -2.25. The smallest absolute Gasteiger partial charge is 0.256 e. The number of halogens is 3. The third-order valence-electron chi connectivity index (χ3n) is 2.38. The Hall–Kier alpha value is -0.0900. The molecular weight excluding hydrogens is 323 g/mol. The first-order chi connectivity index (χ1) is 8.69. The summed E-state index contributed by atoms with van der Waals surface area (Å²) in [6.07, 6.45) is 1.70. The first-order valence-electron chi connectivity index (χ1n) is 5.84. The molecule has 0 fully saturated rings. The molecule has 1 aromatic carbocycles. The van der Waals surface area contributed by atoms with E-state index in [1.54, 1.807) is 6.34 Å². The lowest BCUT2D eigenvalue weighted by atomic mass is 10.1. The van der Waals surface area contributed by atoms with E-state index in [0.717, 1.165) is 23.2 Å². The topological polar surface area (TPSA) is 15.6 Å². The third-order valence-corrected chi connectivity index (χ3v) is 3.94. The van der Waals surface area contributed by atoms with E-state index in [0.29, 0.717) is 0 Å². The van der Waals surface area contributed by atoms with E-state index in [2.05, 4.69) is 18.0 Å². The number of alkyl halides is 3. The Balaban J connectivity index is 2.86. The largest absolute Gasteiger partial charge is 0.301 e. The minimum atomic E-state index is -1.39. The number of aryl methyl sites for hydroxylation is 2. The van der Waals surface area contributed by atoms with Crippen LogP contribution in [0.3, 0.4) is 0 Å². The maximum atomic E-state index is 5.80. The van der Waals surface area contributed by atoms with Gasteiger partial charge >= 0.3 is 0 Å². The molecule has 0 atom stereocenters. The van der Waals surface area contributed by atoms with Crippen molar-refractivity contribution in [2.45, 2.75) is 36.9 Å². The van der Waals surface area contributed by atoms with Crippen molar-refractivity contribution in [3.8, 4) is 0 Å². The summed E-state index contributed by atoms with van der Waals surface area (Å²) in [5.74, 6) is 0. The monoisotopic (exact) mass is 338 g/mol. The zero-order chi connectivity index (χ0) is 14.6. The van der Waals surface area contributed by atoms with Crippen LogP contribution < -0.4 is 0 Å². The average Bonchev–Trinajstić information content (AvgIpc) is 2.24. The van der Waals surface area contributed by atoms with E-state index in [1.165, 1.54) is 5.56 Å². The molecule has 0 spiro atoms. The van der Waals surface area contributed by atoms with Gasteiger partial charge in [0.15, 0.2) is 0 Å². The maximum absolute atomic E-state index is 5.80. The average molecular weight is 340 g/mol. The van der Waals surface area contributed by atoms with Gasteiger partial charge in [0.2, 0.25) is 0 Å².